The van der Waals surface area contributed by atoms with Crippen LogP contribution in [0.1, 0.15) is 15.2 Å². The van der Waals surface area contributed by atoms with Gasteiger partial charge in [0.1, 0.15) is 4.88 Å². The fraction of sp³-hybridized carbons (Fsp3) is 0.417. The number of amides is 1. The van der Waals surface area contributed by atoms with Gasteiger partial charge in [0, 0.05) is 18.7 Å². The Morgan fingerprint density at radius 3 is 3.00 bits per heavy atom. The van der Waals surface area contributed by atoms with Crippen LogP contribution < -0.4 is 11.1 Å². The maximum absolute atomic E-state index is 11.9. The number of thiophene rings is 1. The molecule has 0 saturated heterocycles. The van der Waals surface area contributed by atoms with Crippen molar-refractivity contribution in [3.05, 3.63) is 21.9 Å². The minimum Gasteiger partial charge on any atom is -0.350 e. The summed E-state index contributed by atoms with van der Waals surface area (Å²) in [5, 5.41) is 4.73. The van der Waals surface area contributed by atoms with Gasteiger partial charge in [-0.15, -0.1) is 11.3 Å². The van der Waals surface area contributed by atoms with Crippen molar-refractivity contribution in [2.45, 2.75) is 0 Å². The van der Waals surface area contributed by atoms with Gasteiger partial charge < -0.3 is 16.0 Å². The minimum absolute atomic E-state index is 0.0665. The van der Waals surface area contributed by atoms with Crippen LogP contribution in [-0.4, -0.2) is 44.5 Å². The summed E-state index contributed by atoms with van der Waals surface area (Å²) in [6.07, 6.45) is 0. The molecule has 4 nitrogen and oxygen atoms in total. The van der Waals surface area contributed by atoms with E-state index in [1.165, 1.54) is 11.3 Å². The molecule has 92 valence electrons. The van der Waals surface area contributed by atoms with Crippen LogP contribution in [0.3, 0.4) is 0 Å². The van der Waals surface area contributed by atoms with Gasteiger partial charge in [-0.2, -0.15) is 0 Å². The maximum Gasteiger partial charge on any atom is 0.262 e. The molecule has 0 aliphatic heterocycles. The van der Waals surface area contributed by atoms with Crippen LogP contribution in [0.5, 0.6) is 0 Å². The van der Waals surface area contributed by atoms with E-state index >= 15 is 0 Å². The number of hydrogen-bond acceptors (Lipinski definition) is 4. The number of carbonyl (C=O) groups excluding carboxylic acids is 1. The van der Waals surface area contributed by atoms with Crippen molar-refractivity contribution in [3.63, 3.8) is 0 Å². The van der Waals surface area contributed by atoms with Crippen LogP contribution in [0.25, 0.3) is 0 Å². The highest BCUT2D eigenvalue weighted by molar-refractivity contribution is 7.12. The molecule has 0 atom stereocenters. The Kier molecular flexibility index (Phi) is 5.70. The van der Waals surface area contributed by atoms with Crippen molar-refractivity contribution in [1.82, 2.24) is 10.2 Å². The van der Waals surface area contributed by atoms with Crippen LogP contribution in [0.2, 0.25) is 0 Å². The van der Waals surface area contributed by atoms with Crippen LogP contribution in [-0.2, 0) is 0 Å². The minimum atomic E-state index is -0.0665. The summed E-state index contributed by atoms with van der Waals surface area (Å²) in [4.78, 5) is 14.5. The molecule has 1 rings (SSSR count). The number of carbonyl (C=O) groups is 1. The van der Waals surface area contributed by atoms with Gasteiger partial charge in [0.2, 0.25) is 0 Å². The molecular weight excluding hydrogens is 234 g/mol. The molecule has 3 N–H and O–H groups in total. The zero-order valence-corrected chi connectivity index (χ0v) is 10.9. The van der Waals surface area contributed by atoms with E-state index in [-0.39, 0.29) is 5.91 Å². The number of nitrogens with two attached hydrogens (primary N) is 1. The molecule has 1 aromatic heterocycles. The van der Waals surface area contributed by atoms with Gasteiger partial charge in [-0.05, 0) is 25.5 Å². The maximum atomic E-state index is 11.9. The summed E-state index contributed by atoms with van der Waals surface area (Å²) in [5.74, 6) is 5.59. The standard InChI is InChI=1S/C12H17N3OS/c1-15(2)8-7-14-12(16)11-10(4-3-6-13)5-9-17-11/h5,9H,6-8,13H2,1-2H3,(H,14,16). The van der Waals surface area contributed by atoms with Gasteiger partial charge in [-0.1, -0.05) is 11.8 Å². The zero-order valence-electron chi connectivity index (χ0n) is 10.1. The number of nitrogens with one attached hydrogen (secondary N) is 1. The molecule has 0 saturated carbocycles. The van der Waals surface area contributed by atoms with E-state index in [2.05, 4.69) is 17.2 Å². The fourth-order valence-corrected chi connectivity index (χ4v) is 1.97. The molecule has 0 fully saturated rings. The van der Waals surface area contributed by atoms with E-state index in [9.17, 15) is 4.79 Å². The summed E-state index contributed by atoms with van der Waals surface area (Å²) in [7, 11) is 3.94. The quantitative estimate of drug-likeness (QED) is 0.759. The second-order valence-electron chi connectivity index (χ2n) is 3.73. The van der Waals surface area contributed by atoms with Crippen molar-refractivity contribution in [2.75, 3.05) is 33.7 Å². The van der Waals surface area contributed by atoms with Gasteiger partial charge in [0.05, 0.1) is 6.54 Å². The molecular formula is C12H17N3OS. The zero-order chi connectivity index (χ0) is 12.7. The van der Waals surface area contributed by atoms with E-state index in [4.69, 9.17) is 5.73 Å². The molecule has 1 heterocycles. The molecule has 1 amide bonds. The topological polar surface area (TPSA) is 58.4 Å². The lowest BCUT2D eigenvalue weighted by atomic mass is 10.2. The molecule has 5 heteroatoms. The average molecular weight is 251 g/mol. The van der Waals surface area contributed by atoms with Crippen molar-refractivity contribution < 1.29 is 4.79 Å². The Labute approximate surface area is 106 Å². The first-order chi connectivity index (χ1) is 8.15. The van der Waals surface area contributed by atoms with Gasteiger partial charge in [-0.3, -0.25) is 4.79 Å². The summed E-state index contributed by atoms with van der Waals surface area (Å²) in [5.41, 5.74) is 6.06. The molecule has 0 aliphatic rings. The first kappa shape index (κ1) is 13.7. The summed E-state index contributed by atoms with van der Waals surface area (Å²) < 4.78 is 0. The highest BCUT2D eigenvalue weighted by Crippen LogP contribution is 2.15. The van der Waals surface area contributed by atoms with E-state index < -0.39 is 0 Å². The summed E-state index contributed by atoms with van der Waals surface area (Å²) >= 11 is 1.40. The molecule has 0 unspecified atom stereocenters. The van der Waals surface area contributed by atoms with Crippen LogP contribution in [0, 0.1) is 11.8 Å². The molecule has 17 heavy (non-hydrogen) atoms. The predicted octanol–water partition coefficient (Wildman–Crippen LogP) is 0.350. The van der Waals surface area contributed by atoms with E-state index in [0.717, 1.165) is 12.1 Å². The van der Waals surface area contributed by atoms with Gasteiger partial charge in [0.15, 0.2) is 0 Å². The number of hydrogen-bond donors (Lipinski definition) is 2. The van der Waals surface area contributed by atoms with Crippen molar-refractivity contribution >= 4 is 17.2 Å². The first-order valence-electron chi connectivity index (χ1n) is 5.34. The molecule has 0 aliphatic carbocycles. The SMILES string of the molecule is CN(C)CCNC(=O)c1sccc1C#CCN. The number of likely N-dealkylation sites (N-methyl/N-ethyl adjacent to an activating group) is 1. The summed E-state index contributed by atoms with van der Waals surface area (Å²) in [6, 6.07) is 1.84. The van der Waals surface area contributed by atoms with Crippen molar-refractivity contribution in [2.24, 2.45) is 5.73 Å². The van der Waals surface area contributed by atoms with Gasteiger partial charge >= 0.3 is 0 Å². The fourth-order valence-electron chi connectivity index (χ4n) is 1.20. The number of nitrogens with zero attached hydrogens (tertiary/aromatic N) is 1. The van der Waals surface area contributed by atoms with E-state index in [0.29, 0.717) is 18.0 Å². The Balaban J connectivity index is 2.60. The predicted molar refractivity (Wildman–Crippen MR) is 71.1 cm³/mol. The Morgan fingerprint density at radius 2 is 2.35 bits per heavy atom. The molecule has 0 radical (unpaired) electrons. The molecule has 1 aromatic rings. The van der Waals surface area contributed by atoms with Crippen LogP contribution in [0.15, 0.2) is 11.4 Å². The number of rotatable bonds is 4. The first-order valence-corrected chi connectivity index (χ1v) is 6.22. The summed E-state index contributed by atoms with van der Waals surface area (Å²) in [6.45, 7) is 1.76. The van der Waals surface area contributed by atoms with Gasteiger partial charge in [-0.25, -0.2) is 0 Å². The molecule has 0 spiro atoms. The van der Waals surface area contributed by atoms with Crippen LogP contribution >= 0.6 is 11.3 Å². The van der Waals surface area contributed by atoms with E-state index in [1.54, 1.807) is 0 Å². The van der Waals surface area contributed by atoms with Crippen molar-refractivity contribution in [1.29, 1.82) is 0 Å². The lowest BCUT2D eigenvalue weighted by Gasteiger charge is -2.09. The third kappa shape index (κ3) is 4.57. The lowest BCUT2D eigenvalue weighted by Crippen LogP contribution is -2.31. The van der Waals surface area contributed by atoms with Gasteiger partial charge in [0.25, 0.3) is 5.91 Å². The smallest absolute Gasteiger partial charge is 0.262 e. The van der Waals surface area contributed by atoms with Crippen molar-refractivity contribution in [3.8, 4) is 11.8 Å². The normalized spacial score (nSPS) is 9.88. The van der Waals surface area contributed by atoms with Crippen LogP contribution in [0.4, 0.5) is 0 Å². The third-order valence-corrected chi connectivity index (χ3v) is 2.95. The Hall–Kier alpha value is -1.35. The average Bonchev–Trinajstić information content (AvgIpc) is 2.73. The monoisotopic (exact) mass is 251 g/mol. The third-order valence-electron chi connectivity index (χ3n) is 2.04. The second-order valence-corrected chi connectivity index (χ2v) is 4.64. The highest BCUT2D eigenvalue weighted by atomic mass is 32.1. The lowest BCUT2D eigenvalue weighted by molar-refractivity contribution is 0.0955. The Morgan fingerprint density at radius 1 is 1.59 bits per heavy atom. The Bertz CT molecular complexity index is 428. The second kappa shape index (κ2) is 7.07. The largest absolute Gasteiger partial charge is 0.350 e. The van der Waals surface area contributed by atoms with E-state index in [1.807, 2.05) is 30.4 Å². The molecule has 0 bridgehead atoms. The molecule has 0 aromatic carbocycles. The highest BCUT2D eigenvalue weighted by Gasteiger charge is 2.10.